The summed E-state index contributed by atoms with van der Waals surface area (Å²) in [5.74, 6) is 0.503. The summed E-state index contributed by atoms with van der Waals surface area (Å²) in [6.07, 6.45) is 7.02. The fourth-order valence-corrected chi connectivity index (χ4v) is 3.61. The summed E-state index contributed by atoms with van der Waals surface area (Å²) < 4.78 is 2.42. The van der Waals surface area contributed by atoms with E-state index in [9.17, 15) is 5.11 Å². The van der Waals surface area contributed by atoms with E-state index in [4.69, 9.17) is 0 Å². The Kier molecular flexibility index (Phi) is 10.1. The van der Waals surface area contributed by atoms with Crippen molar-refractivity contribution in [2.75, 3.05) is 8.86 Å². The molecule has 0 aromatic heterocycles. The lowest BCUT2D eigenvalue weighted by Crippen LogP contribution is -1.96. The van der Waals surface area contributed by atoms with Gasteiger partial charge in [-0.25, -0.2) is 0 Å². The number of rotatable bonds is 9. The van der Waals surface area contributed by atoms with Gasteiger partial charge in [-0.3, -0.25) is 0 Å². The molecule has 0 heterocycles. The van der Waals surface area contributed by atoms with Crippen LogP contribution in [0.5, 0.6) is 5.75 Å². The van der Waals surface area contributed by atoms with Gasteiger partial charge in [-0.2, -0.15) is 0 Å². The first-order valence-electron chi connectivity index (χ1n) is 6.74. The van der Waals surface area contributed by atoms with Crippen LogP contribution in [0.4, 0.5) is 0 Å². The van der Waals surface area contributed by atoms with Gasteiger partial charge in [0.15, 0.2) is 0 Å². The number of unbranched alkanes of at least 4 members (excludes halogenated alkanes) is 2. The standard InChI is InChI=1S/C15H21BrI2O/c16-11-14-10-12(5-1-3-7-17)9-13(15(14)19)6-2-4-8-18/h9-10,19H,1-8,11H2. The molecule has 4 heteroatoms. The Labute approximate surface area is 152 Å². The number of benzene rings is 1. The molecule has 1 rings (SSSR count). The van der Waals surface area contributed by atoms with Crippen molar-refractivity contribution in [1.82, 2.24) is 0 Å². The molecule has 0 radical (unpaired) electrons. The lowest BCUT2D eigenvalue weighted by molar-refractivity contribution is 0.462. The molecule has 0 aliphatic rings. The van der Waals surface area contributed by atoms with Gasteiger partial charge in [-0.15, -0.1) is 0 Å². The van der Waals surface area contributed by atoms with E-state index in [2.05, 4.69) is 73.2 Å². The molecule has 0 saturated heterocycles. The molecule has 0 aliphatic heterocycles. The van der Waals surface area contributed by atoms with Gasteiger partial charge in [-0.05, 0) is 58.5 Å². The highest BCUT2D eigenvalue weighted by Gasteiger charge is 2.09. The molecule has 1 aromatic carbocycles. The number of hydrogen-bond acceptors (Lipinski definition) is 1. The maximum atomic E-state index is 10.3. The maximum absolute atomic E-state index is 10.3. The molecule has 1 N–H and O–H groups in total. The van der Waals surface area contributed by atoms with Crippen molar-refractivity contribution < 1.29 is 5.11 Å². The minimum atomic E-state index is 0.503. The number of aryl methyl sites for hydroxylation is 2. The number of alkyl halides is 3. The lowest BCUT2D eigenvalue weighted by Gasteiger charge is -2.12. The largest absolute Gasteiger partial charge is 0.507 e. The Bertz CT molecular complexity index is 383. The third-order valence-corrected chi connectivity index (χ3v) is 5.28. The fraction of sp³-hybridized carbons (Fsp3) is 0.600. The predicted octanol–water partition coefficient (Wildman–Crippen LogP) is 5.80. The molecule has 0 fully saturated rings. The van der Waals surface area contributed by atoms with Crippen LogP contribution in [0, 0.1) is 0 Å². The van der Waals surface area contributed by atoms with Gasteiger partial charge >= 0.3 is 0 Å². The Morgan fingerprint density at radius 2 is 1.47 bits per heavy atom. The molecule has 0 bridgehead atoms. The zero-order chi connectivity index (χ0) is 14.1. The van der Waals surface area contributed by atoms with E-state index in [0.717, 1.165) is 35.7 Å². The monoisotopic (exact) mass is 550 g/mol. The van der Waals surface area contributed by atoms with Crippen molar-refractivity contribution in [2.45, 2.75) is 43.9 Å². The van der Waals surface area contributed by atoms with Crippen LogP contribution in [0.25, 0.3) is 0 Å². The SMILES string of the molecule is Oc1c(CBr)cc(CCCCI)cc1CCCCI. The van der Waals surface area contributed by atoms with Gasteiger partial charge in [0.2, 0.25) is 0 Å². The van der Waals surface area contributed by atoms with E-state index in [1.54, 1.807) is 0 Å². The van der Waals surface area contributed by atoms with Crippen molar-refractivity contribution >= 4 is 61.1 Å². The van der Waals surface area contributed by atoms with E-state index in [-0.39, 0.29) is 0 Å². The van der Waals surface area contributed by atoms with Crippen molar-refractivity contribution in [1.29, 1.82) is 0 Å². The quantitative estimate of drug-likeness (QED) is 0.234. The van der Waals surface area contributed by atoms with Crippen molar-refractivity contribution in [3.8, 4) is 5.75 Å². The third kappa shape index (κ3) is 6.50. The van der Waals surface area contributed by atoms with Crippen LogP contribution in [0.1, 0.15) is 42.4 Å². The van der Waals surface area contributed by atoms with Crippen LogP contribution in [-0.4, -0.2) is 14.0 Å². The summed E-state index contributed by atoms with van der Waals surface area (Å²) >= 11 is 8.32. The second-order valence-electron chi connectivity index (χ2n) is 4.69. The molecule has 1 nitrogen and oxygen atoms in total. The third-order valence-electron chi connectivity index (χ3n) is 3.15. The first-order valence-corrected chi connectivity index (χ1v) is 10.9. The van der Waals surface area contributed by atoms with E-state index in [1.165, 1.54) is 33.7 Å². The average Bonchev–Trinajstić information content (AvgIpc) is 2.42. The molecule has 1 aromatic rings. The highest BCUT2D eigenvalue weighted by atomic mass is 127. The van der Waals surface area contributed by atoms with Crippen molar-refractivity contribution in [2.24, 2.45) is 0 Å². The van der Waals surface area contributed by atoms with Gasteiger partial charge in [0.05, 0.1) is 0 Å². The van der Waals surface area contributed by atoms with E-state index >= 15 is 0 Å². The summed E-state index contributed by atoms with van der Waals surface area (Å²) in [6.45, 7) is 0. The summed E-state index contributed by atoms with van der Waals surface area (Å²) in [6, 6.07) is 4.36. The van der Waals surface area contributed by atoms with Crippen molar-refractivity contribution in [3.05, 3.63) is 28.8 Å². The summed E-state index contributed by atoms with van der Waals surface area (Å²) in [7, 11) is 0. The molecule has 0 spiro atoms. The van der Waals surface area contributed by atoms with Crippen molar-refractivity contribution in [3.63, 3.8) is 0 Å². The van der Waals surface area contributed by atoms with Gasteiger partial charge in [0, 0.05) is 10.9 Å². The molecular weight excluding hydrogens is 530 g/mol. The lowest BCUT2D eigenvalue weighted by atomic mass is 9.98. The molecule has 19 heavy (non-hydrogen) atoms. The minimum absolute atomic E-state index is 0.503. The van der Waals surface area contributed by atoms with Crippen LogP contribution in [0.15, 0.2) is 12.1 Å². The molecular formula is C15H21BrI2O. The zero-order valence-electron chi connectivity index (χ0n) is 11.1. The number of aromatic hydroxyl groups is 1. The normalized spacial score (nSPS) is 10.9. The average molecular weight is 551 g/mol. The Morgan fingerprint density at radius 3 is 2.05 bits per heavy atom. The number of phenols is 1. The Balaban J connectivity index is 2.78. The minimum Gasteiger partial charge on any atom is -0.507 e. The molecule has 108 valence electrons. The van der Waals surface area contributed by atoms with Crippen LogP contribution in [-0.2, 0) is 18.2 Å². The van der Waals surface area contributed by atoms with E-state index in [1.807, 2.05) is 0 Å². The smallest absolute Gasteiger partial charge is 0.122 e. The fourth-order valence-electron chi connectivity index (χ4n) is 2.10. The molecule has 0 saturated carbocycles. The van der Waals surface area contributed by atoms with E-state index in [0.29, 0.717) is 5.75 Å². The molecule has 0 atom stereocenters. The first-order chi connectivity index (χ1) is 9.22. The maximum Gasteiger partial charge on any atom is 0.122 e. The topological polar surface area (TPSA) is 20.2 Å². The van der Waals surface area contributed by atoms with Crippen LogP contribution in [0.2, 0.25) is 0 Å². The second kappa shape index (κ2) is 10.7. The van der Waals surface area contributed by atoms with Gasteiger partial charge in [-0.1, -0.05) is 73.2 Å². The second-order valence-corrected chi connectivity index (χ2v) is 7.41. The predicted molar refractivity (Wildman–Crippen MR) is 104 cm³/mol. The Hall–Kier alpha value is 0.960. The van der Waals surface area contributed by atoms with Crippen LogP contribution >= 0.6 is 61.1 Å². The van der Waals surface area contributed by atoms with Crippen LogP contribution < -0.4 is 0 Å². The summed E-state index contributed by atoms with van der Waals surface area (Å²) in [5, 5.41) is 11.0. The summed E-state index contributed by atoms with van der Waals surface area (Å²) in [5.41, 5.74) is 3.55. The first kappa shape index (κ1) is 18.0. The highest BCUT2D eigenvalue weighted by molar-refractivity contribution is 14.1. The molecule has 0 unspecified atom stereocenters. The van der Waals surface area contributed by atoms with Gasteiger partial charge in [0.1, 0.15) is 5.75 Å². The van der Waals surface area contributed by atoms with Gasteiger partial charge < -0.3 is 5.11 Å². The Morgan fingerprint density at radius 1 is 0.895 bits per heavy atom. The number of halogens is 3. The molecule has 0 aliphatic carbocycles. The number of hydrogen-bond donors (Lipinski definition) is 1. The number of phenolic OH excluding ortho intramolecular Hbond substituents is 1. The van der Waals surface area contributed by atoms with Gasteiger partial charge in [0.25, 0.3) is 0 Å². The van der Waals surface area contributed by atoms with Crippen LogP contribution in [0.3, 0.4) is 0 Å². The molecule has 0 amide bonds. The van der Waals surface area contributed by atoms with E-state index < -0.39 is 0 Å². The highest BCUT2D eigenvalue weighted by Crippen LogP contribution is 2.28. The zero-order valence-corrected chi connectivity index (χ0v) is 17.0. The summed E-state index contributed by atoms with van der Waals surface area (Å²) in [4.78, 5) is 0.